The molecule has 0 amide bonds. The molecule has 0 aliphatic heterocycles. The second kappa shape index (κ2) is 4.98. The number of rotatable bonds is 2. The summed E-state index contributed by atoms with van der Waals surface area (Å²) in [5.41, 5.74) is 0.754. The summed E-state index contributed by atoms with van der Waals surface area (Å²) in [7, 11) is 0. The predicted molar refractivity (Wildman–Crippen MR) is 63.5 cm³/mol. The summed E-state index contributed by atoms with van der Waals surface area (Å²) < 4.78 is -1.62. The smallest absolute Gasteiger partial charge is 0.240 e. The first kappa shape index (κ1) is 13.2. The lowest BCUT2D eigenvalue weighted by Gasteiger charge is -2.12. The van der Waals surface area contributed by atoms with Crippen molar-refractivity contribution in [3.05, 3.63) is 29.3 Å². The lowest BCUT2D eigenvalue weighted by atomic mass is 10.1. The van der Waals surface area contributed by atoms with Gasteiger partial charge in [-0.15, -0.1) is 0 Å². The SMILES string of the molecule is CC(=O)c1ccc(C(Cl)(Cl)Cl)cc1N=C=O. The van der Waals surface area contributed by atoms with Crippen LogP contribution in [0.4, 0.5) is 5.69 Å². The van der Waals surface area contributed by atoms with Gasteiger partial charge in [0, 0.05) is 11.1 Å². The molecular formula is C10H6Cl3NO2. The van der Waals surface area contributed by atoms with Crippen LogP contribution in [0.5, 0.6) is 0 Å². The van der Waals surface area contributed by atoms with E-state index < -0.39 is 3.79 Å². The van der Waals surface area contributed by atoms with Gasteiger partial charge in [-0.1, -0.05) is 40.9 Å². The van der Waals surface area contributed by atoms with Crippen molar-refractivity contribution in [3.8, 4) is 0 Å². The summed E-state index contributed by atoms with van der Waals surface area (Å²) in [5.74, 6) is -0.232. The number of isocyanates is 1. The Labute approximate surface area is 107 Å². The van der Waals surface area contributed by atoms with E-state index in [1.165, 1.54) is 31.2 Å². The molecule has 6 heteroatoms. The molecular weight excluding hydrogens is 272 g/mol. The number of ketones is 1. The fraction of sp³-hybridized carbons (Fsp3) is 0.200. The third kappa shape index (κ3) is 3.06. The normalized spacial score (nSPS) is 10.8. The average Bonchev–Trinajstić information content (AvgIpc) is 2.16. The van der Waals surface area contributed by atoms with Gasteiger partial charge in [0.25, 0.3) is 0 Å². The molecule has 0 saturated carbocycles. The Kier molecular flexibility index (Phi) is 4.11. The van der Waals surface area contributed by atoms with E-state index >= 15 is 0 Å². The van der Waals surface area contributed by atoms with E-state index in [4.69, 9.17) is 34.8 Å². The van der Waals surface area contributed by atoms with Gasteiger partial charge in [0.2, 0.25) is 9.87 Å². The second-order valence-electron chi connectivity index (χ2n) is 2.99. The van der Waals surface area contributed by atoms with Crippen LogP contribution in [0, 0.1) is 0 Å². The van der Waals surface area contributed by atoms with E-state index in [2.05, 4.69) is 4.99 Å². The molecule has 0 atom stereocenters. The zero-order valence-corrected chi connectivity index (χ0v) is 10.4. The van der Waals surface area contributed by atoms with Crippen LogP contribution in [0.15, 0.2) is 23.2 Å². The molecule has 16 heavy (non-hydrogen) atoms. The Balaban J connectivity index is 3.39. The summed E-state index contributed by atoms with van der Waals surface area (Å²) in [6.45, 7) is 1.36. The number of nitrogens with zero attached hydrogens (tertiary/aromatic N) is 1. The highest BCUT2D eigenvalue weighted by atomic mass is 35.6. The van der Waals surface area contributed by atoms with Gasteiger partial charge in [0.1, 0.15) is 0 Å². The highest BCUT2D eigenvalue weighted by Crippen LogP contribution is 2.40. The van der Waals surface area contributed by atoms with Gasteiger partial charge in [-0.3, -0.25) is 4.79 Å². The molecule has 84 valence electrons. The quantitative estimate of drug-likeness (QED) is 0.358. The standard InChI is InChI=1S/C10H6Cl3NO2/c1-6(16)8-3-2-7(10(11,12)13)4-9(8)14-5-15/h2-4H,1H3. The van der Waals surface area contributed by atoms with Crippen molar-refractivity contribution in [2.75, 3.05) is 0 Å². The molecule has 1 aromatic carbocycles. The first-order valence-corrected chi connectivity index (χ1v) is 5.29. The van der Waals surface area contributed by atoms with E-state index in [1.807, 2.05) is 0 Å². The van der Waals surface area contributed by atoms with Gasteiger partial charge in [0.15, 0.2) is 5.78 Å². The number of halogens is 3. The third-order valence-corrected chi connectivity index (χ3v) is 2.53. The molecule has 3 nitrogen and oxygen atoms in total. The first-order chi connectivity index (χ1) is 7.36. The van der Waals surface area contributed by atoms with Crippen LogP contribution in [0.25, 0.3) is 0 Å². The van der Waals surface area contributed by atoms with Crippen LogP contribution in [0.2, 0.25) is 0 Å². The molecule has 0 saturated heterocycles. The summed E-state index contributed by atoms with van der Waals surface area (Å²) in [5, 5.41) is 0. The molecule has 1 aromatic rings. The molecule has 0 unspecified atom stereocenters. The Morgan fingerprint density at radius 2 is 2.00 bits per heavy atom. The van der Waals surface area contributed by atoms with Crippen LogP contribution in [0.1, 0.15) is 22.8 Å². The predicted octanol–water partition coefficient (Wildman–Crippen LogP) is 3.68. The van der Waals surface area contributed by atoms with Crippen molar-refractivity contribution in [2.24, 2.45) is 4.99 Å². The number of hydrogen-bond acceptors (Lipinski definition) is 3. The number of benzene rings is 1. The highest BCUT2D eigenvalue weighted by Gasteiger charge is 2.24. The molecule has 0 spiro atoms. The molecule has 0 bridgehead atoms. The topological polar surface area (TPSA) is 46.5 Å². The minimum Gasteiger partial charge on any atom is -0.294 e. The highest BCUT2D eigenvalue weighted by molar-refractivity contribution is 6.66. The van der Waals surface area contributed by atoms with E-state index in [9.17, 15) is 9.59 Å². The number of carbonyl (C=O) groups is 1. The van der Waals surface area contributed by atoms with E-state index in [-0.39, 0.29) is 17.0 Å². The van der Waals surface area contributed by atoms with Gasteiger partial charge in [0.05, 0.1) is 5.69 Å². The van der Waals surface area contributed by atoms with Gasteiger partial charge >= 0.3 is 0 Å². The molecule has 1 rings (SSSR count). The van der Waals surface area contributed by atoms with Crippen molar-refractivity contribution >= 4 is 52.4 Å². The Hall–Kier alpha value is -0.860. The van der Waals surface area contributed by atoms with Crippen molar-refractivity contribution in [1.82, 2.24) is 0 Å². The van der Waals surface area contributed by atoms with Crippen molar-refractivity contribution < 1.29 is 9.59 Å². The fourth-order valence-corrected chi connectivity index (χ4v) is 1.50. The van der Waals surface area contributed by atoms with Gasteiger partial charge in [-0.2, -0.15) is 4.99 Å². The number of aliphatic imine (C=N–C) groups is 1. The lowest BCUT2D eigenvalue weighted by molar-refractivity contribution is 0.101. The molecule has 0 N–H and O–H groups in total. The monoisotopic (exact) mass is 277 g/mol. The molecule has 0 aliphatic rings. The van der Waals surface area contributed by atoms with Crippen LogP contribution in [-0.2, 0) is 8.59 Å². The zero-order valence-electron chi connectivity index (χ0n) is 8.13. The van der Waals surface area contributed by atoms with Crippen molar-refractivity contribution in [1.29, 1.82) is 0 Å². The van der Waals surface area contributed by atoms with Crippen molar-refractivity contribution in [3.63, 3.8) is 0 Å². The fourth-order valence-electron chi connectivity index (χ4n) is 1.15. The van der Waals surface area contributed by atoms with Gasteiger partial charge in [-0.05, 0) is 19.1 Å². The first-order valence-electron chi connectivity index (χ1n) is 4.16. The second-order valence-corrected chi connectivity index (χ2v) is 5.27. The maximum atomic E-state index is 11.2. The Bertz CT molecular complexity index is 473. The van der Waals surface area contributed by atoms with Crippen LogP contribution < -0.4 is 0 Å². The molecule has 0 fully saturated rings. The number of Topliss-reactive ketones (excluding diaryl/α,β-unsaturated/α-hetero) is 1. The van der Waals surface area contributed by atoms with Gasteiger partial charge in [-0.25, -0.2) is 4.79 Å². The van der Waals surface area contributed by atoms with Crippen molar-refractivity contribution in [2.45, 2.75) is 10.7 Å². The minimum atomic E-state index is -1.62. The van der Waals surface area contributed by atoms with E-state index in [0.717, 1.165) is 0 Å². The molecule has 0 aromatic heterocycles. The van der Waals surface area contributed by atoms with Crippen LogP contribution >= 0.6 is 34.8 Å². The maximum absolute atomic E-state index is 11.2. The number of hydrogen-bond donors (Lipinski definition) is 0. The number of carbonyl (C=O) groups excluding carboxylic acids is 2. The average molecular weight is 279 g/mol. The summed E-state index contributed by atoms with van der Waals surface area (Å²) >= 11 is 17.0. The third-order valence-electron chi connectivity index (χ3n) is 1.87. The van der Waals surface area contributed by atoms with E-state index in [0.29, 0.717) is 5.56 Å². The Morgan fingerprint density at radius 1 is 1.38 bits per heavy atom. The summed E-state index contributed by atoms with van der Waals surface area (Å²) in [6, 6.07) is 4.32. The largest absolute Gasteiger partial charge is 0.294 e. The molecule has 0 heterocycles. The Morgan fingerprint density at radius 3 is 2.44 bits per heavy atom. The zero-order chi connectivity index (χ0) is 12.3. The molecule has 0 radical (unpaired) electrons. The summed E-state index contributed by atoms with van der Waals surface area (Å²) in [6.07, 6.45) is 1.35. The van der Waals surface area contributed by atoms with Gasteiger partial charge < -0.3 is 0 Å². The summed E-state index contributed by atoms with van der Waals surface area (Å²) in [4.78, 5) is 24.8. The number of alkyl halides is 3. The van der Waals surface area contributed by atoms with Crippen LogP contribution in [-0.4, -0.2) is 11.9 Å². The lowest BCUT2D eigenvalue weighted by Crippen LogP contribution is -2.01. The minimum absolute atomic E-state index is 0.145. The maximum Gasteiger partial charge on any atom is 0.240 e. The molecule has 0 aliphatic carbocycles. The van der Waals surface area contributed by atoms with E-state index in [1.54, 1.807) is 0 Å². The van der Waals surface area contributed by atoms with Crippen LogP contribution in [0.3, 0.4) is 0 Å².